The van der Waals surface area contributed by atoms with Crippen molar-refractivity contribution in [2.45, 2.75) is 32.9 Å². The van der Waals surface area contributed by atoms with Crippen LogP contribution in [0.3, 0.4) is 0 Å². The average Bonchev–Trinajstić information content (AvgIpc) is 2.99. The van der Waals surface area contributed by atoms with Crippen LogP contribution >= 0.6 is 0 Å². The molecule has 1 aliphatic heterocycles. The summed E-state index contributed by atoms with van der Waals surface area (Å²) >= 11 is 0. The summed E-state index contributed by atoms with van der Waals surface area (Å²) in [7, 11) is -1.68. The standard InChI is InChI=1S/C21H31N5O3S/c1-16(2)20(24-30(4,27)28)21-23-22-19-11-13-25(14-15-26(19)21)12-5-6-17-7-9-18(29-3)10-8-17/h5-10,16,20,24H,11-15H2,1-4H3. The normalized spacial score (nSPS) is 16.6. The molecular weight excluding hydrogens is 402 g/mol. The highest BCUT2D eigenvalue weighted by atomic mass is 32.2. The number of hydrogen-bond acceptors (Lipinski definition) is 6. The lowest BCUT2D eigenvalue weighted by atomic mass is 10.1. The van der Waals surface area contributed by atoms with E-state index in [1.807, 2.05) is 38.1 Å². The van der Waals surface area contributed by atoms with Crippen LogP contribution in [0.25, 0.3) is 6.08 Å². The first-order valence-corrected chi connectivity index (χ1v) is 12.1. The highest BCUT2D eigenvalue weighted by Crippen LogP contribution is 2.23. The van der Waals surface area contributed by atoms with Crippen LogP contribution in [-0.2, 0) is 23.0 Å². The molecule has 0 fully saturated rings. The molecule has 0 saturated heterocycles. The smallest absolute Gasteiger partial charge is 0.209 e. The van der Waals surface area contributed by atoms with Crippen LogP contribution in [0.5, 0.6) is 5.75 Å². The van der Waals surface area contributed by atoms with Gasteiger partial charge in [0.1, 0.15) is 11.6 Å². The van der Waals surface area contributed by atoms with Crippen LogP contribution in [0.2, 0.25) is 0 Å². The summed E-state index contributed by atoms with van der Waals surface area (Å²) in [6.45, 7) is 7.29. The van der Waals surface area contributed by atoms with Crippen molar-refractivity contribution in [3.63, 3.8) is 0 Å². The molecule has 0 saturated carbocycles. The van der Waals surface area contributed by atoms with Gasteiger partial charge in [-0.1, -0.05) is 38.1 Å². The van der Waals surface area contributed by atoms with E-state index in [0.717, 1.165) is 49.7 Å². The third-order valence-electron chi connectivity index (χ3n) is 5.22. The summed E-state index contributed by atoms with van der Waals surface area (Å²) in [5.74, 6) is 2.53. The Balaban J connectivity index is 1.64. The SMILES string of the molecule is COc1ccc(C=CCN2CCc3nnc(C(NS(C)(=O)=O)C(C)C)n3CC2)cc1. The fraction of sp³-hybridized carbons (Fsp3) is 0.524. The molecule has 1 aromatic carbocycles. The minimum atomic E-state index is -3.34. The van der Waals surface area contributed by atoms with Gasteiger partial charge in [0.05, 0.1) is 19.4 Å². The van der Waals surface area contributed by atoms with E-state index in [0.29, 0.717) is 5.82 Å². The molecule has 0 bridgehead atoms. The van der Waals surface area contributed by atoms with Crippen LogP contribution < -0.4 is 9.46 Å². The second-order valence-electron chi connectivity index (χ2n) is 7.96. The minimum Gasteiger partial charge on any atom is -0.497 e. The number of fused-ring (bicyclic) bond motifs is 1. The van der Waals surface area contributed by atoms with Crippen LogP contribution in [0.15, 0.2) is 30.3 Å². The first kappa shape index (κ1) is 22.5. The third kappa shape index (κ3) is 5.90. The zero-order valence-corrected chi connectivity index (χ0v) is 18.9. The Hall–Kier alpha value is -2.23. The van der Waals surface area contributed by atoms with E-state index in [-0.39, 0.29) is 12.0 Å². The Kier molecular flexibility index (Phi) is 7.27. The molecule has 3 rings (SSSR count). The van der Waals surface area contributed by atoms with E-state index in [1.54, 1.807) is 7.11 Å². The number of rotatable bonds is 8. The Morgan fingerprint density at radius 2 is 1.90 bits per heavy atom. The average molecular weight is 434 g/mol. The highest BCUT2D eigenvalue weighted by Gasteiger charge is 2.28. The zero-order chi connectivity index (χ0) is 21.7. The van der Waals surface area contributed by atoms with Crippen molar-refractivity contribution in [1.29, 1.82) is 0 Å². The Bertz CT molecular complexity index is 967. The Labute approximate surface area is 179 Å². The molecule has 0 aliphatic carbocycles. The number of methoxy groups -OCH3 is 1. The minimum absolute atomic E-state index is 0.0693. The van der Waals surface area contributed by atoms with Crippen molar-refractivity contribution in [1.82, 2.24) is 24.4 Å². The summed E-state index contributed by atoms with van der Waals surface area (Å²) in [5.41, 5.74) is 1.14. The fourth-order valence-corrected chi connectivity index (χ4v) is 4.41. The molecule has 0 radical (unpaired) electrons. The molecule has 1 aliphatic rings. The molecule has 2 heterocycles. The molecule has 164 valence electrons. The summed E-state index contributed by atoms with van der Waals surface area (Å²) in [6, 6.07) is 7.59. The summed E-state index contributed by atoms with van der Waals surface area (Å²) in [6.07, 6.45) is 6.24. The maximum absolute atomic E-state index is 11.8. The molecule has 8 nitrogen and oxygen atoms in total. The van der Waals surface area contributed by atoms with Crippen molar-refractivity contribution in [2.24, 2.45) is 5.92 Å². The van der Waals surface area contributed by atoms with Gasteiger partial charge in [0.25, 0.3) is 0 Å². The first-order valence-electron chi connectivity index (χ1n) is 10.2. The lowest BCUT2D eigenvalue weighted by Crippen LogP contribution is -2.33. The van der Waals surface area contributed by atoms with Crippen molar-refractivity contribution in [2.75, 3.05) is 33.0 Å². The second-order valence-corrected chi connectivity index (χ2v) is 9.74. The molecule has 1 atom stereocenters. The van der Waals surface area contributed by atoms with Gasteiger partial charge in [-0.25, -0.2) is 13.1 Å². The van der Waals surface area contributed by atoms with Crippen molar-refractivity contribution >= 4 is 16.1 Å². The topological polar surface area (TPSA) is 89.3 Å². The summed E-state index contributed by atoms with van der Waals surface area (Å²) < 4.78 is 33.6. The van der Waals surface area contributed by atoms with Gasteiger partial charge in [0.15, 0.2) is 5.82 Å². The lowest BCUT2D eigenvalue weighted by molar-refractivity contribution is 0.305. The van der Waals surface area contributed by atoms with E-state index in [4.69, 9.17) is 4.74 Å². The van der Waals surface area contributed by atoms with Gasteiger partial charge in [-0.05, 0) is 23.6 Å². The quantitative estimate of drug-likeness (QED) is 0.686. The number of aromatic nitrogens is 3. The maximum Gasteiger partial charge on any atom is 0.209 e. The number of benzene rings is 1. The summed E-state index contributed by atoms with van der Waals surface area (Å²) in [4.78, 5) is 2.37. The van der Waals surface area contributed by atoms with Crippen molar-refractivity contribution < 1.29 is 13.2 Å². The molecule has 0 amide bonds. The molecule has 9 heteroatoms. The summed E-state index contributed by atoms with van der Waals surface area (Å²) in [5, 5.41) is 8.68. The number of nitrogens with zero attached hydrogens (tertiary/aromatic N) is 4. The van der Waals surface area contributed by atoms with E-state index >= 15 is 0 Å². The van der Waals surface area contributed by atoms with Gasteiger partial charge in [0.2, 0.25) is 10.0 Å². The van der Waals surface area contributed by atoms with Crippen LogP contribution in [0, 0.1) is 5.92 Å². The molecule has 0 spiro atoms. The van der Waals surface area contributed by atoms with E-state index in [2.05, 4.69) is 36.5 Å². The fourth-order valence-electron chi connectivity index (χ4n) is 3.57. The van der Waals surface area contributed by atoms with Crippen LogP contribution in [-0.4, -0.2) is 61.1 Å². The van der Waals surface area contributed by atoms with Crippen LogP contribution in [0.1, 0.15) is 37.1 Å². The monoisotopic (exact) mass is 433 g/mol. The zero-order valence-electron chi connectivity index (χ0n) is 18.1. The number of nitrogens with one attached hydrogen (secondary N) is 1. The van der Waals surface area contributed by atoms with Gasteiger partial charge in [-0.3, -0.25) is 4.90 Å². The van der Waals surface area contributed by atoms with Gasteiger partial charge in [-0.15, -0.1) is 10.2 Å². The van der Waals surface area contributed by atoms with E-state index in [9.17, 15) is 8.42 Å². The first-order chi connectivity index (χ1) is 14.3. The predicted octanol–water partition coefficient (Wildman–Crippen LogP) is 2.10. The van der Waals surface area contributed by atoms with Crippen molar-refractivity contribution in [3.05, 3.63) is 47.6 Å². The number of ether oxygens (including phenoxy) is 1. The maximum atomic E-state index is 11.8. The molecule has 1 N–H and O–H groups in total. The largest absolute Gasteiger partial charge is 0.497 e. The van der Waals surface area contributed by atoms with Gasteiger partial charge in [0, 0.05) is 32.6 Å². The van der Waals surface area contributed by atoms with Gasteiger partial charge < -0.3 is 9.30 Å². The van der Waals surface area contributed by atoms with E-state index < -0.39 is 10.0 Å². The number of hydrogen-bond donors (Lipinski definition) is 1. The van der Waals surface area contributed by atoms with E-state index in [1.165, 1.54) is 6.26 Å². The molecule has 2 aromatic rings. The predicted molar refractivity (Wildman–Crippen MR) is 118 cm³/mol. The molecular formula is C21H31N5O3S. The molecule has 30 heavy (non-hydrogen) atoms. The second kappa shape index (κ2) is 9.72. The molecule has 1 unspecified atom stereocenters. The third-order valence-corrected chi connectivity index (χ3v) is 5.91. The van der Waals surface area contributed by atoms with Crippen molar-refractivity contribution in [3.8, 4) is 5.75 Å². The lowest BCUT2D eigenvalue weighted by Gasteiger charge is -2.22. The highest BCUT2D eigenvalue weighted by molar-refractivity contribution is 7.88. The van der Waals surface area contributed by atoms with Gasteiger partial charge >= 0.3 is 0 Å². The van der Waals surface area contributed by atoms with Crippen LogP contribution in [0.4, 0.5) is 0 Å². The Morgan fingerprint density at radius 3 is 2.53 bits per heavy atom. The molecule has 1 aromatic heterocycles. The van der Waals surface area contributed by atoms with Gasteiger partial charge in [-0.2, -0.15) is 0 Å². The number of sulfonamides is 1. The Morgan fingerprint density at radius 1 is 1.17 bits per heavy atom.